The summed E-state index contributed by atoms with van der Waals surface area (Å²) in [6, 6.07) is 7.61. The Kier molecular flexibility index (Phi) is 6.36. The Bertz CT molecular complexity index is 468. The molecule has 2 rings (SSSR count). The molecule has 116 valence electrons. The van der Waals surface area contributed by atoms with E-state index < -0.39 is 0 Å². The Morgan fingerprint density at radius 2 is 2.14 bits per heavy atom. The van der Waals surface area contributed by atoms with Crippen molar-refractivity contribution in [2.75, 3.05) is 25.4 Å². The summed E-state index contributed by atoms with van der Waals surface area (Å²) in [4.78, 5) is 15.1. The fourth-order valence-corrected chi connectivity index (χ4v) is 3.26. The van der Waals surface area contributed by atoms with Crippen LogP contribution in [0.1, 0.15) is 13.3 Å². The smallest absolute Gasteiger partial charge is 0.223 e. The first-order valence-corrected chi connectivity index (χ1v) is 8.37. The fourth-order valence-electron chi connectivity index (χ4n) is 2.29. The number of aliphatic hydroxyl groups excluding tert-OH is 1. The van der Waals surface area contributed by atoms with Crippen LogP contribution in [-0.4, -0.2) is 53.6 Å². The Morgan fingerprint density at radius 3 is 2.81 bits per heavy atom. The molecule has 1 saturated heterocycles. The van der Waals surface area contributed by atoms with Crippen LogP contribution in [0.25, 0.3) is 0 Å². The van der Waals surface area contributed by atoms with E-state index in [1.54, 1.807) is 16.7 Å². The lowest BCUT2D eigenvalue weighted by atomic mass is 10.2. The zero-order chi connectivity index (χ0) is 15.2. The number of benzene rings is 1. The van der Waals surface area contributed by atoms with E-state index in [1.165, 1.54) is 0 Å². The van der Waals surface area contributed by atoms with Crippen molar-refractivity contribution >= 4 is 29.3 Å². The van der Waals surface area contributed by atoms with E-state index >= 15 is 0 Å². The van der Waals surface area contributed by atoms with Gasteiger partial charge in [0.2, 0.25) is 5.91 Å². The average molecular weight is 330 g/mol. The summed E-state index contributed by atoms with van der Waals surface area (Å²) in [6.45, 7) is 2.95. The predicted octanol–water partition coefficient (Wildman–Crippen LogP) is 2.43. The van der Waals surface area contributed by atoms with Crippen molar-refractivity contribution in [1.29, 1.82) is 0 Å². The van der Waals surface area contributed by atoms with Crippen molar-refractivity contribution in [3.63, 3.8) is 0 Å². The SMILES string of the molecule is CC1CN(C(=O)CCSc2ccc(Cl)cc2)CC(CO)O1. The first kappa shape index (κ1) is 16.6. The van der Waals surface area contributed by atoms with Crippen molar-refractivity contribution in [1.82, 2.24) is 4.90 Å². The van der Waals surface area contributed by atoms with Gasteiger partial charge in [-0.15, -0.1) is 11.8 Å². The molecule has 0 spiro atoms. The zero-order valence-corrected chi connectivity index (χ0v) is 13.6. The van der Waals surface area contributed by atoms with Gasteiger partial charge < -0.3 is 14.7 Å². The van der Waals surface area contributed by atoms with E-state index in [-0.39, 0.29) is 24.7 Å². The van der Waals surface area contributed by atoms with Crippen molar-refractivity contribution in [2.45, 2.75) is 30.4 Å². The van der Waals surface area contributed by atoms with E-state index in [2.05, 4.69) is 0 Å². The second-order valence-electron chi connectivity index (χ2n) is 5.10. The Balaban J connectivity index is 1.77. The first-order chi connectivity index (χ1) is 10.1. The van der Waals surface area contributed by atoms with Gasteiger partial charge in [-0.2, -0.15) is 0 Å². The highest BCUT2D eigenvalue weighted by Crippen LogP contribution is 2.21. The summed E-state index contributed by atoms with van der Waals surface area (Å²) in [6.07, 6.45) is 0.198. The molecule has 1 aromatic rings. The van der Waals surface area contributed by atoms with Crippen molar-refractivity contribution in [3.05, 3.63) is 29.3 Å². The van der Waals surface area contributed by atoms with Crippen LogP contribution >= 0.6 is 23.4 Å². The van der Waals surface area contributed by atoms with Gasteiger partial charge in [-0.25, -0.2) is 0 Å². The third kappa shape index (κ3) is 5.18. The van der Waals surface area contributed by atoms with Gasteiger partial charge in [0.25, 0.3) is 0 Å². The number of morpholine rings is 1. The molecule has 4 nitrogen and oxygen atoms in total. The minimum Gasteiger partial charge on any atom is -0.394 e. The van der Waals surface area contributed by atoms with E-state index in [1.807, 2.05) is 31.2 Å². The molecule has 1 amide bonds. The molecule has 1 aromatic carbocycles. The molecule has 1 aliphatic heterocycles. The Labute approximate surface area is 134 Å². The lowest BCUT2D eigenvalue weighted by Crippen LogP contribution is -2.50. The summed E-state index contributed by atoms with van der Waals surface area (Å²) in [5.74, 6) is 0.848. The normalized spacial score (nSPS) is 22.3. The highest BCUT2D eigenvalue weighted by molar-refractivity contribution is 7.99. The number of amides is 1. The Morgan fingerprint density at radius 1 is 1.43 bits per heavy atom. The van der Waals surface area contributed by atoms with Gasteiger partial charge in [0.05, 0.1) is 18.8 Å². The van der Waals surface area contributed by atoms with E-state index in [0.29, 0.717) is 24.5 Å². The molecule has 1 aliphatic rings. The molecule has 2 unspecified atom stereocenters. The van der Waals surface area contributed by atoms with E-state index in [0.717, 1.165) is 10.6 Å². The lowest BCUT2D eigenvalue weighted by Gasteiger charge is -2.36. The molecule has 0 aromatic heterocycles. The molecule has 0 aliphatic carbocycles. The topological polar surface area (TPSA) is 49.8 Å². The number of hydrogen-bond acceptors (Lipinski definition) is 4. The summed E-state index contributed by atoms with van der Waals surface area (Å²) >= 11 is 7.48. The molecule has 21 heavy (non-hydrogen) atoms. The lowest BCUT2D eigenvalue weighted by molar-refractivity contribution is -0.146. The molecule has 2 atom stereocenters. The largest absolute Gasteiger partial charge is 0.394 e. The molecule has 0 bridgehead atoms. The average Bonchev–Trinajstić information content (AvgIpc) is 2.48. The van der Waals surface area contributed by atoms with Crippen LogP contribution in [0.4, 0.5) is 0 Å². The maximum absolute atomic E-state index is 12.2. The number of thioether (sulfide) groups is 1. The van der Waals surface area contributed by atoms with Gasteiger partial charge in [0.1, 0.15) is 0 Å². The van der Waals surface area contributed by atoms with Gasteiger partial charge in [0.15, 0.2) is 0 Å². The summed E-state index contributed by atoms with van der Waals surface area (Å²) in [7, 11) is 0. The van der Waals surface area contributed by atoms with Gasteiger partial charge in [-0.3, -0.25) is 4.79 Å². The zero-order valence-electron chi connectivity index (χ0n) is 12.0. The number of carbonyl (C=O) groups excluding carboxylic acids is 1. The summed E-state index contributed by atoms with van der Waals surface area (Å²) < 4.78 is 5.54. The van der Waals surface area contributed by atoms with Crippen LogP contribution in [-0.2, 0) is 9.53 Å². The van der Waals surface area contributed by atoms with Crippen LogP contribution in [0.15, 0.2) is 29.2 Å². The summed E-state index contributed by atoms with van der Waals surface area (Å²) in [5, 5.41) is 9.89. The van der Waals surface area contributed by atoms with Crippen LogP contribution in [0.2, 0.25) is 5.02 Å². The minimum absolute atomic E-state index is 0.0243. The fraction of sp³-hybridized carbons (Fsp3) is 0.533. The van der Waals surface area contributed by atoms with Crippen LogP contribution in [0, 0.1) is 0 Å². The molecule has 0 radical (unpaired) electrons. The van der Waals surface area contributed by atoms with E-state index in [4.69, 9.17) is 16.3 Å². The standard InChI is InChI=1S/C15H20ClNO3S/c1-11-8-17(9-13(10-18)20-11)15(19)6-7-21-14-4-2-12(16)3-5-14/h2-5,11,13,18H,6-10H2,1H3. The van der Waals surface area contributed by atoms with Gasteiger partial charge in [-0.1, -0.05) is 11.6 Å². The molecule has 1 fully saturated rings. The van der Waals surface area contributed by atoms with Crippen molar-refractivity contribution in [2.24, 2.45) is 0 Å². The van der Waals surface area contributed by atoms with Crippen LogP contribution in [0.5, 0.6) is 0 Å². The number of carbonyl (C=O) groups is 1. The highest BCUT2D eigenvalue weighted by atomic mass is 35.5. The molecule has 6 heteroatoms. The second-order valence-corrected chi connectivity index (χ2v) is 6.71. The quantitative estimate of drug-likeness (QED) is 0.843. The van der Waals surface area contributed by atoms with Gasteiger partial charge >= 0.3 is 0 Å². The molecule has 1 heterocycles. The predicted molar refractivity (Wildman–Crippen MR) is 84.8 cm³/mol. The minimum atomic E-state index is -0.262. The summed E-state index contributed by atoms with van der Waals surface area (Å²) in [5.41, 5.74) is 0. The van der Waals surface area contributed by atoms with Gasteiger partial charge in [0, 0.05) is 35.2 Å². The number of rotatable bonds is 5. The van der Waals surface area contributed by atoms with E-state index in [9.17, 15) is 9.90 Å². The van der Waals surface area contributed by atoms with Crippen LogP contribution in [0.3, 0.4) is 0 Å². The number of ether oxygens (including phenoxy) is 1. The second kappa shape index (κ2) is 8.03. The number of hydrogen-bond donors (Lipinski definition) is 1. The van der Waals surface area contributed by atoms with Crippen LogP contribution < -0.4 is 0 Å². The third-order valence-electron chi connectivity index (χ3n) is 3.28. The Hall–Kier alpha value is -0.750. The monoisotopic (exact) mass is 329 g/mol. The maximum atomic E-state index is 12.2. The first-order valence-electron chi connectivity index (χ1n) is 7.01. The molecular weight excluding hydrogens is 310 g/mol. The maximum Gasteiger partial charge on any atom is 0.223 e. The number of nitrogens with zero attached hydrogens (tertiary/aromatic N) is 1. The van der Waals surface area contributed by atoms with Crippen molar-refractivity contribution in [3.8, 4) is 0 Å². The van der Waals surface area contributed by atoms with Crippen molar-refractivity contribution < 1.29 is 14.6 Å². The molecular formula is C15H20ClNO3S. The number of halogens is 1. The highest BCUT2D eigenvalue weighted by Gasteiger charge is 2.27. The molecule has 0 saturated carbocycles. The number of aliphatic hydroxyl groups is 1. The molecule has 1 N–H and O–H groups in total. The third-order valence-corrected chi connectivity index (χ3v) is 4.55. The van der Waals surface area contributed by atoms with Gasteiger partial charge in [-0.05, 0) is 31.2 Å².